The van der Waals surface area contributed by atoms with Crippen molar-refractivity contribution < 1.29 is 9.90 Å². The van der Waals surface area contributed by atoms with E-state index in [1.807, 2.05) is 25.1 Å². The van der Waals surface area contributed by atoms with Crippen LogP contribution in [0.1, 0.15) is 12.5 Å². The third-order valence-corrected chi connectivity index (χ3v) is 4.31. The second-order valence-corrected chi connectivity index (χ2v) is 6.21. The predicted octanol–water partition coefficient (Wildman–Crippen LogP) is 1.82. The highest BCUT2D eigenvalue weighted by Gasteiger charge is 2.12. The van der Waals surface area contributed by atoms with E-state index < -0.39 is 0 Å². The number of carbonyl (C=O) groups is 1. The fourth-order valence-electron chi connectivity index (χ4n) is 1.72. The number of nitrogens with one attached hydrogen (secondary N) is 1. The molecule has 1 aromatic carbocycles. The van der Waals surface area contributed by atoms with Crippen molar-refractivity contribution in [1.29, 1.82) is 0 Å². The number of aliphatic hydroxyl groups excluding tert-OH is 1. The molecule has 118 valence electrons. The number of hydrogen-bond donors (Lipinski definition) is 2. The second-order valence-electron chi connectivity index (χ2n) is 4.86. The first-order valence-electron chi connectivity index (χ1n) is 6.71. The first kappa shape index (κ1) is 16.8. The number of nitrogens with zero attached hydrogens (tertiary/aromatic N) is 3. The maximum Gasteiger partial charge on any atom is 0.230 e. The highest BCUT2D eigenvalue weighted by Crippen LogP contribution is 2.23. The number of halogens is 1. The minimum absolute atomic E-state index is 0.0888. The lowest BCUT2D eigenvalue weighted by Gasteiger charge is -2.11. The number of hydrogen-bond acceptors (Lipinski definition) is 5. The molecule has 2 N–H and O–H groups in total. The summed E-state index contributed by atoms with van der Waals surface area (Å²) in [5.41, 5.74) is 1.83. The average Bonchev–Trinajstić information content (AvgIpc) is 2.96. The van der Waals surface area contributed by atoms with Gasteiger partial charge in [-0.3, -0.25) is 9.36 Å². The summed E-state index contributed by atoms with van der Waals surface area (Å²) in [5.74, 6) is 0.0332. The van der Waals surface area contributed by atoms with E-state index in [0.29, 0.717) is 10.2 Å². The molecule has 1 amide bonds. The molecule has 0 fully saturated rings. The van der Waals surface area contributed by atoms with Gasteiger partial charge in [-0.1, -0.05) is 29.4 Å². The van der Waals surface area contributed by atoms with Crippen LogP contribution >= 0.6 is 23.4 Å². The Hall–Kier alpha value is -1.57. The van der Waals surface area contributed by atoms with Gasteiger partial charge in [-0.25, -0.2) is 0 Å². The monoisotopic (exact) mass is 340 g/mol. The largest absolute Gasteiger partial charge is 0.394 e. The summed E-state index contributed by atoms with van der Waals surface area (Å²) in [5, 5.41) is 20.8. The highest BCUT2D eigenvalue weighted by molar-refractivity contribution is 7.99. The molecule has 2 aromatic rings. The number of rotatable bonds is 6. The first-order valence-corrected chi connectivity index (χ1v) is 8.07. The van der Waals surface area contributed by atoms with Gasteiger partial charge < -0.3 is 10.4 Å². The van der Waals surface area contributed by atoms with Crippen LogP contribution in [0.25, 0.3) is 5.69 Å². The Morgan fingerprint density at radius 1 is 1.55 bits per heavy atom. The van der Waals surface area contributed by atoms with E-state index in [9.17, 15) is 4.79 Å². The molecule has 0 aliphatic rings. The van der Waals surface area contributed by atoms with Gasteiger partial charge >= 0.3 is 0 Å². The lowest BCUT2D eigenvalue weighted by atomic mass is 10.2. The smallest absolute Gasteiger partial charge is 0.230 e. The number of thioether (sulfide) groups is 1. The van der Waals surface area contributed by atoms with Crippen LogP contribution in [0.2, 0.25) is 5.02 Å². The van der Waals surface area contributed by atoms with Crippen molar-refractivity contribution in [3.05, 3.63) is 35.1 Å². The molecule has 1 heterocycles. The van der Waals surface area contributed by atoms with Crippen LogP contribution < -0.4 is 5.32 Å². The maximum absolute atomic E-state index is 11.7. The summed E-state index contributed by atoms with van der Waals surface area (Å²) in [6.45, 7) is 3.58. The molecule has 1 atom stereocenters. The summed E-state index contributed by atoms with van der Waals surface area (Å²) >= 11 is 7.41. The van der Waals surface area contributed by atoms with Crippen LogP contribution in [0.3, 0.4) is 0 Å². The molecule has 2 rings (SSSR count). The lowest BCUT2D eigenvalue weighted by molar-refractivity contribution is -0.119. The van der Waals surface area contributed by atoms with Gasteiger partial charge in [0.2, 0.25) is 5.91 Å². The van der Waals surface area contributed by atoms with Gasteiger partial charge in [0, 0.05) is 11.1 Å². The van der Waals surface area contributed by atoms with Crippen LogP contribution in [0.5, 0.6) is 0 Å². The minimum Gasteiger partial charge on any atom is -0.394 e. The second kappa shape index (κ2) is 7.62. The Balaban J connectivity index is 2.06. The summed E-state index contributed by atoms with van der Waals surface area (Å²) in [6.07, 6.45) is 1.58. The topological polar surface area (TPSA) is 80.0 Å². The number of carbonyl (C=O) groups excluding carboxylic acids is 1. The minimum atomic E-state index is -0.262. The van der Waals surface area contributed by atoms with Gasteiger partial charge in [-0.15, -0.1) is 10.2 Å². The lowest BCUT2D eigenvalue weighted by Crippen LogP contribution is -2.36. The standard InChI is InChI=1S/C14H17ClN4O2S/c1-9-3-4-11(5-12(9)15)19-8-16-18-14(19)22-7-13(21)17-10(2)6-20/h3-5,8,10,20H,6-7H2,1-2H3,(H,17,21). The van der Waals surface area contributed by atoms with Crippen LogP contribution in [-0.2, 0) is 4.79 Å². The molecule has 0 aliphatic carbocycles. The molecule has 0 aliphatic heterocycles. The van der Waals surface area contributed by atoms with Gasteiger partial charge in [0.05, 0.1) is 18.0 Å². The number of benzene rings is 1. The van der Waals surface area contributed by atoms with Gasteiger partial charge in [0.1, 0.15) is 6.33 Å². The van der Waals surface area contributed by atoms with E-state index in [1.165, 1.54) is 11.8 Å². The van der Waals surface area contributed by atoms with Crippen LogP contribution in [-0.4, -0.2) is 44.2 Å². The van der Waals surface area contributed by atoms with Crippen LogP contribution in [0.4, 0.5) is 0 Å². The Bertz CT molecular complexity index is 662. The molecule has 22 heavy (non-hydrogen) atoms. The molecule has 0 spiro atoms. The summed E-state index contributed by atoms with van der Waals surface area (Å²) in [6, 6.07) is 5.41. The predicted molar refractivity (Wildman–Crippen MR) is 86.5 cm³/mol. The third kappa shape index (κ3) is 4.22. The van der Waals surface area contributed by atoms with E-state index in [1.54, 1.807) is 17.8 Å². The molecule has 0 bridgehead atoms. The van der Waals surface area contributed by atoms with Crippen LogP contribution in [0, 0.1) is 6.92 Å². The highest BCUT2D eigenvalue weighted by atomic mass is 35.5. The van der Waals surface area contributed by atoms with Crippen molar-refractivity contribution in [2.45, 2.75) is 25.0 Å². The number of aliphatic hydroxyl groups is 1. The van der Waals surface area contributed by atoms with E-state index in [-0.39, 0.29) is 24.3 Å². The van der Waals surface area contributed by atoms with Gasteiger partial charge in [0.25, 0.3) is 0 Å². The molecular weight excluding hydrogens is 324 g/mol. The zero-order chi connectivity index (χ0) is 16.1. The fraction of sp³-hybridized carbons (Fsp3) is 0.357. The van der Waals surface area contributed by atoms with Crippen LogP contribution in [0.15, 0.2) is 29.7 Å². The van der Waals surface area contributed by atoms with E-state index >= 15 is 0 Å². The Kier molecular flexibility index (Phi) is 5.82. The van der Waals surface area contributed by atoms with Crippen molar-refractivity contribution in [2.24, 2.45) is 0 Å². The molecule has 8 heteroatoms. The molecular formula is C14H17ClN4O2S. The zero-order valence-corrected chi connectivity index (χ0v) is 13.9. The van der Waals surface area contributed by atoms with Crippen molar-refractivity contribution in [1.82, 2.24) is 20.1 Å². The normalized spacial score (nSPS) is 12.2. The third-order valence-electron chi connectivity index (χ3n) is 2.96. The van der Waals surface area contributed by atoms with Crippen molar-refractivity contribution in [3.63, 3.8) is 0 Å². The van der Waals surface area contributed by atoms with Crippen molar-refractivity contribution in [2.75, 3.05) is 12.4 Å². The molecule has 6 nitrogen and oxygen atoms in total. The number of amides is 1. The summed E-state index contributed by atoms with van der Waals surface area (Å²) in [7, 11) is 0. The summed E-state index contributed by atoms with van der Waals surface area (Å²) in [4.78, 5) is 11.7. The van der Waals surface area contributed by atoms with E-state index in [2.05, 4.69) is 15.5 Å². The van der Waals surface area contributed by atoms with Gasteiger partial charge in [0.15, 0.2) is 5.16 Å². The Labute approximate surface area is 137 Å². The number of aryl methyl sites for hydroxylation is 1. The van der Waals surface area contributed by atoms with E-state index in [0.717, 1.165) is 11.3 Å². The fourth-order valence-corrected chi connectivity index (χ4v) is 2.64. The van der Waals surface area contributed by atoms with Crippen molar-refractivity contribution >= 4 is 29.3 Å². The number of aromatic nitrogens is 3. The van der Waals surface area contributed by atoms with Gasteiger partial charge in [-0.2, -0.15) is 0 Å². The molecule has 0 saturated heterocycles. The average molecular weight is 341 g/mol. The summed E-state index contributed by atoms with van der Waals surface area (Å²) < 4.78 is 1.78. The Morgan fingerprint density at radius 2 is 2.32 bits per heavy atom. The molecule has 1 unspecified atom stereocenters. The first-order chi connectivity index (χ1) is 10.5. The Morgan fingerprint density at radius 3 is 3.00 bits per heavy atom. The van der Waals surface area contributed by atoms with E-state index in [4.69, 9.17) is 16.7 Å². The van der Waals surface area contributed by atoms with Gasteiger partial charge in [-0.05, 0) is 31.5 Å². The molecule has 1 aromatic heterocycles. The zero-order valence-electron chi connectivity index (χ0n) is 12.3. The molecule has 0 saturated carbocycles. The van der Waals surface area contributed by atoms with Crippen molar-refractivity contribution in [3.8, 4) is 5.69 Å². The molecule has 0 radical (unpaired) electrons. The maximum atomic E-state index is 11.7. The quantitative estimate of drug-likeness (QED) is 0.784. The SMILES string of the molecule is Cc1ccc(-n2cnnc2SCC(=O)NC(C)CO)cc1Cl.